The van der Waals surface area contributed by atoms with Crippen LogP contribution >= 0.6 is 12.2 Å². The fourth-order valence-corrected chi connectivity index (χ4v) is 3.21. The molecule has 0 unspecified atom stereocenters. The molecule has 0 spiro atoms. The molecule has 1 N–H and O–H groups in total. The largest absolute Gasteiger partial charge is 0.381 e. The van der Waals surface area contributed by atoms with Crippen molar-refractivity contribution in [2.45, 2.75) is 25.2 Å². The van der Waals surface area contributed by atoms with Crippen LogP contribution in [0.15, 0.2) is 36.4 Å². The molecule has 1 aromatic heterocycles. The van der Waals surface area contributed by atoms with Crippen LogP contribution in [0.3, 0.4) is 0 Å². The van der Waals surface area contributed by atoms with E-state index in [1.54, 1.807) is 0 Å². The van der Waals surface area contributed by atoms with Crippen molar-refractivity contribution in [1.82, 2.24) is 9.97 Å². The van der Waals surface area contributed by atoms with Crippen LogP contribution in [0, 0.1) is 11.6 Å². The Labute approximate surface area is 124 Å². The molecule has 1 aromatic carbocycles. The standard InChI is InChI=1S/C16H18N2OS/c1-12-11-14(20)18-15(17-12)16(7-9-19-10-8-16)13-5-3-2-4-6-13/h2-6,11H,7-10H2,1H3,(H,17,18,20). The third-order valence-corrected chi connectivity index (χ3v) is 4.21. The lowest BCUT2D eigenvalue weighted by molar-refractivity contribution is 0.0604. The number of benzene rings is 1. The van der Waals surface area contributed by atoms with Gasteiger partial charge in [-0.25, -0.2) is 4.98 Å². The zero-order valence-corrected chi connectivity index (χ0v) is 12.4. The number of hydrogen-bond donors (Lipinski definition) is 1. The van der Waals surface area contributed by atoms with Gasteiger partial charge in [0, 0.05) is 18.9 Å². The Hall–Kier alpha value is -1.52. The third kappa shape index (κ3) is 2.41. The van der Waals surface area contributed by atoms with E-state index < -0.39 is 0 Å². The normalized spacial score (nSPS) is 17.9. The highest BCUT2D eigenvalue weighted by molar-refractivity contribution is 7.71. The first-order valence-electron chi connectivity index (χ1n) is 6.92. The molecule has 0 aliphatic carbocycles. The summed E-state index contributed by atoms with van der Waals surface area (Å²) in [5.74, 6) is 0.969. The molecule has 0 atom stereocenters. The molecule has 2 heterocycles. The number of H-pyrrole nitrogens is 1. The van der Waals surface area contributed by atoms with Gasteiger partial charge in [-0.2, -0.15) is 0 Å². The molecule has 3 nitrogen and oxygen atoms in total. The SMILES string of the molecule is Cc1cc(=S)nc(C2(c3ccccc3)CCOCC2)[nH]1. The van der Waals surface area contributed by atoms with Gasteiger partial charge >= 0.3 is 0 Å². The van der Waals surface area contributed by atoms with Crippen LogP contribution < -0.4 is 0 Å². The monoisotopic (exact) mass is 286 g/mol. The number of aryl methyl sites for hydroxylation is 1. The number of ether oxygens (including phenoxy) is 1. The van der Waals surface area contributed by atoms with Gasteiger partial charge in [0.2, 0.25) is 0 Å². The van der Waals surface area contributed by atoms with Crippen molar-refractivity contribution < 1.29 is 4.74 Å². The summed E-state index contributed by atoms with van der Waals surface area (Å²) in [7, 11) is 0. The second-order valence-corrected chi connectivity index (χ2v) is 5.73. The second-order valence-electron chi connectivity index (χ2n) is 5.31. The van der Waals surface area contributed by atoms with Gasteiger partial charge in [-0.15, -0.1) is 0 Å². The predicted molar refractivity (Wildman–Crippen MR) is 81.4 cm³/mol. The molecule has 1 aliphatic rings. The van der Waals surface area contributed by atoms with Gasteiger partial charge in [-0.1, -0.05) is 42.5 Å². The Morgan fingerprint density at radius 1 is 1.20 bits per heavy atom. The minimum atomic E-state index is -0.112. The smallest absolute Gasteiger partial charge is 0.130 e. The zero-order valence-electron chi connectivity index (χ0n) is 11.6. The van der Waals surface area contributed by atoms with Gasteiger partial charge in [-0.05, 0) is 31.4 Å². The van der Waals surface area contributed by atoms with E-state index in [2.05, 4.69) is 34.2 Å². The minimum Gasteiger partial charge on any atom is -0.381 e. The van der Waals surface area contributed by atoms with Crippen LogP contribution in [0.2, 0.25) is 0 Å². The van der Waals surface area contributed by atoms with Gasteiger partial charge in [0.25, 0.3) is 0 Å². The Morgan fingerprint density at radius 2 is 1.90 bits per heavy atom. The molecule has 0 bridgehead atoms. The van der Waals surface area contributed by atoms with E-state index >= 15 is 0 Å². The Bertz CT molecular complexity index is 645. The van der Waals surface area contributed by atoms with E-state index in [9.17, 15) is 0 Å². The zero-order chi connectivity index (χ0) is 14.0. The number of aromatic amines is 1. The van der Waals surface area contributed by atoms with Crippen molar-refractivity contribution in [1.29, 1.82) is 0 Å². The average molecular weight is 286 g/mol. The molecule has 0 radical (unpaired) electrons. The highest BCUT2D eigenvalue weighted by atomic mass is 32.1. The molecule has 20 heavy (non-hydrogen) atoms. The Morgan fingerprint density at radius 3 is 2.55 bits per heavy atom. The first kappa shape index (κ1) is 13.5. The van der Waals surface area contributed by atoms with E-state index in [1.807, 2.05) is 19.1 Å². The van der Waals surface area contributed by atoms with Crippen molar-refractivity contribution in [3.8, 4) is 0 Å². The highest BCUT2D eigenvalue weighted by Crippen LogP contribution is 2.39. The number of hydrogen-bond acceptors (Lipinski definition) is 3. The average Bonchev–Trinajstić information content (AvgIpc) is 2.48. The Balaban J connectivity index is 2.17. The van der Waals surface area contributed by atoms with Gasteiger partial charge in [0.15, 0.2) is 0 Å². The Kier molecular flexibility index (Phi) is 3.68. The maximum absolute atomic E-state index is 5.56. The van der Waals surface area contributed by atoms with Crippen molar-refractivity contribution in [2.24, 2.45) is 0 Å². The number of nitrogens with zero attached hydrogens (tertiary/aromatic N) is 1. The first-order chi connectivity index (χ1) is 9.71. The maximum Gasteiger partial charge on any atom is 0.130 e. The van der Waals surface area contributed by atoms with Gasteiger partial charge in [-0.3, -0.25) is 0 Å². The molecule has 104 valence electrons. The second kappa shape index (κ2) is 5.46. The van der Waals surface area contributed by atoms with E-state index in [0.29, 0.717) is 4.64 Å². The summed E-state index contributed by atoms with van der Waals surface area (Å²) in [4.78, 5) is 8.03. The molecule has 0 amide bonds. The van der Waals surface area contributed by atoms with E-state index in [-0.39, 0.29) is 5.41 Å². The molecular formula is C16H18N2OS. The lowest BCUT2D eigenvalue weighted by Crippen LogP contribution is -2.37. The summed E-state index contributed by atoms with van der Waals surface area (Å²) < 4.78 is 6.21. The van der Waals surface area contributed by atoms with Crippen LogP contribution in [0.5, 0.6) is 0 Å². The van der Waals surface area contributed by atoms with Gasteiger partial charge < -0.3 is 9.72 Å². The van der Waals surface area contributed by atoms with Crippen molar-refractivity contribution in [3.63, 3.8) is 0 Å². The van der Waals surface area contributed by atoms with Crippen LogP contribution in [0.25, 0.3) is 0 Å². The van der Waals surface area contributed by atoms with Gasteiger partial charge in [0.05, 0.1) is 5.41 Å². The molecule has 1 fully saturated rings. The minimum absolute atomic E-state index is 0.112. The summed E-state index contributed by atoms with van der Waals surface area (Å²) in [5, 5.41) is 0. The summed E-state index contributed by atoms with van der Waals surface area (Å²) in [6.07, 6.45) is 1.86. The van der Waals surface area contributed by atoms with Crippen molar-refractivity contribution >= 4 is 12.2 Å². The van der Waals surface area contributed by atoms with Crippen molar-refractivity contribution in [2.75, 3.05) is 13.2 Å². The third-order valence-electron chi connectivity index (χ3n) is 4.00. The molecular weight excluding hydrogens is 268 g/mol. The van der Waals surface area contributed by atoms with Crippen molar-refractivity contribution in [3.05, 3.63) is 58.1 Å². The molecule has 2 aromatic rings. The predicted octanol–water partition coefficient (Wildman–Crippen LogP) is 3.54. The van der Waals surface area contributed by atoms with Gasteiger partial charge in [0.1, 0.15) is 10.5 Å². The van der Waals surface area contributed by atoms with E-state index in [0.717, 1.165) is 37.6 Å². The van der Waals surface area contributed by atoms with E-state index in [4.69, 9.17) is 17.0 Å². The highest BCUT2D eigenvalue weighted by Gasteiger charge is 2.38. The van der Waals surface area contributed by atoms with Crippen LogP contribution in [-0.4, -0.2) is 23.2 Å². The summed E-state index contributed by atoms with van der Waals surface area (Å²) in [6, 6.07) is 12.5. The summed E-state index contributed by atoms with van der Waals surface area (Å²) >= 11 is 5.29. The summed E-state index contributed by atoms with van der Waals surface area (Å²) in [5.41, 5.74) is 2.23. The van der Waals surface area contributed by atoms with Crippen LogP contribution in [-0.2, 0) is 10.2 Å². The number of rotatable bonds is 2. The molecule has 3 rings (SSSR count). The summed E-state index contributed by atoms with van der Waals surface area (Å²) in [6.45, 7) is 3.54. The van der Waals surface area contributed by atoms with Crippen LogP contribution in [0.4, 0.5) is 0 Å². The maximum atomic E-state index is 5.56. The number of aromatic nitrogens is 2. The van der Waals surface area contributed by atoms with E-state index in [1.165, 1.54) is 5.56 Å². The lowest BCUT2D eigenvalue weighted by atomic mass is 9.73. The van der Waals surface area contributed by atoms with Crippen LogP contribution in [0.1, 0.15) is 29.9 Å². The first-order valence-corrected chi connectivity index (χ1v) is 7.33. The lowest BCUT2D eigenvalue weighted by Gasteiger charge is -2.37. The fourth-order valence-electron chi connectivity index (χ4n) is 2.94. The number of nitrogens with one attached hydrogen (secondary N) is 1. The molecule has 1 aliphatic heterocycles. The molecule has 4 heteroatoms. The molecule has 1 saturated heterocycles. The molecule has 0 saturated carbocycles. The topological polar surface area (TPSA) is 37.9 Å². The fraction of sp³-hybridized carbons (Fsp3) is 0.375. The quantitative estimate of drug-likeness (QED) is 0.858.